The van der Waals surface area contributed by atoms with Crippen molar-refractivity contribution in [2.24, 2.45) is 0 Å². The van der Waals surface area contributed by atoms with E-state index in [0.717, 1.165) is 10.8 Å². The van der Waals surface area contributed by atoms with Gasteiger partial charge in [-0.2, -0.15) is 5.26 Å². The van der Waals surface area contributed by atoms with Gasteiger partial charge in [-0.25, -0.2) is 4.98 Å². The molecule has 2 aromatic rings. The van der Waals surface area contributed by atoms with Crippen LogP contribution in [0.1, 0.15) is 24.4 Å². The molecular formula is C12H11ClN4S. The Hall–Kier alpha value is -1.64. The van der Waals surface area contributed by atoms with E-state index in [2.05, 4.69) is 9.97 Å². The van der Waals surface area contributed by atoms with Crippen molar-refractivity contribution >= 4 is 28.1 Å². The fourth-order valence-electron chi connectivity index (χ4n) is 1.50. The number of hydrogen-bond donors (Lipinski definition) is 0. The molecule has 0 aliphatic carbocycles. The zero-order chi connectivity index (χ0) is 13.1. The van der Waals surface area contributed by atoms with E-state index < -0.39 is 0 Å². The normalized spacial score (nSPS) is 11.9. The molecule has 0 saturated carbocycles. The lowest BCUT2D eigenvalue weighted by Crippen LogP contribution is -2.22. The minimum Gasteiger partial charge on any atom is -0.343 e. The van der Waals surface area contributed by atoms with Crippen LogP contribution in [0.5, 0.6) is 0 Å². The molecule has 0 N–H and O–H groups in total. The molecule has 0 aliphatic rings. The van der Waals surface area contributed by atoms with E-state index in [-0.39, 0.29) is 11.7 Å². The van der Waals surface area contributed by atoms with Crippen LogP contribution in [0.4, 0.5) is 5.13 Å². The summed E-state index contributed by atoms with van der Waals surface area (Å²) in [5.74, 6) is 0. The smallest absolute Gasteiger partial charge is 0.188 e. The SMILES string of the molecule is C[C@H](c1ccccn1)N(C)c1nc(C#N)c(Cl)s1. The zero-order valence-electron chi connectivity index (χ0n) is 9.96. The first-order valence-electron chi connectivity index (χ1n) is 5.33. The molecule has 2 aromatic heterocycles. The predicted octanol–water partition coefficient (Wildman–Crippen LogP) is 3.26. The third-order valence-electron chi connectivity index (χ3n) is 2.68. The largest absolute Gasteiger partial charge is 0.343 e. The Labute approximate surface area is 114 Å². The molecule has 4 nitrogen and oxygen atoms in total. The van der Waals surface area contributed by atoms with Crippen molar-refractivity contribution in [1.29, 1.82) is 5.26 Å². The third-order valence-corrected chi connectivity index (χ3v) is 4.02. The molecule has 2 heterocycles. The van der Waals surface area contributed by atoms with Gasteiger partial charge in [0.1, 0.15) is 10.4 Å². The van der Waals surface area contributed by atoms with Gasteiger partial charge in [0.25, 0.3) is 0 Å². The highest BCUT2D eigenvalue weighted by Crippen LogP contribution is 2.33. The summed E-state index contributed by atoms with van der Waals surface area (Å²) in [6, 6.07) is 7.83. The van der Waals surface area contributed by atoms with Crippen LogP contribution in [0.2, 0.25) is 4.34 Å². The summed E-state index contributed by atoms with van der Waals surface area (Å²) in [4.78, 5) is 10.5. The standard InChI is InChI=1S/C12H11ClN4S/c1-8(9-5-3-4-6-15-9)17(2)12-16-10(7-14)11(13)18-12/h3-6,8H,1-2H3/t8-/m1/s1. The highest BCUT2D eigenvalue weighted by atomic mass is 35.5. The summed E-state index contributed by atoms with van der Waals surface area (Å²) in [7, 11) is 1.91. The number of thiazole rings is 1. The molecule has 0 amide bonds. The number of aromatic nitrogens is 2. The third kappa shape index (κ3) is 2.45. The van der Waals surface area contributed by atoms with Gasteiger partial charge in [-0.3, -0.25) is 4.98 Å². The van der Waals surface area contributed by atoms with E-state index in [1.807, 2.05) is 43.1 Å². The lowest BCUT2D eigenvalue weighted by Gasteiger charge is -2.23. The van der Waals surface area contributed by atoms with E-state index in [9.17, 15) is 0 Å². The fraction of sp³-hybridized carbons (Fsp3) is 0.250. The number of pyridine rings is 1. The quantitative estimate of drug-likeness (QED) is 0.865. The number of nitriles is 1. The first-order valence-corrected chi connectivity index (χ1v) is 6.53. The molecule has 2 rings (SSSR count). The number of rotatable bonds is 3. The lowest BCUT2D eigenvalue weighted by atomic mass is 10.2. The van der Waals surface area contributed by atoms with Gasteiger partial charge in [-0.15, -0.1) is 0 Å². The monoisotopic (exact) mass is 278 g/mol. The first-order chi connectivity index (χ1) is 8.63. The Kier molecular flexibility index (Phi) is 3.80. The highest BCUT2D eigenvalue weighted by molar-refractivity contribution is 7.19. The fourth-order valence-corrected chi connectivity index (χ4v) is 2.58. The van der Waals surface area contributed by atoms with Crippen molar-refractivity contribution in [2.75, 3.05) is 11.9 Å². The van der Waals surface area contributed by atoms with Gasteiger partial charge in [0.15, 0.2) is 10.8 Å². The van der Waals surface area contributed by atoms with Crippen molar-refractivity contribution in [3.05, 3.63) is 40.1 Å². The summed E-state index contributed by atoms with van der Waals surface area (Å²) >= 11 is 7.23. The van der Waals surface area contributed by atoms with E-state index in [0.29, 0.717) is 4.34 Å². The Morgan fingerprint density at radius 2 is 2.28 bits per heavy atom. The van der Waals surface area contributed by atoms with Crippen LogP contribution in [0.3, 0.4) is 0 Å². The number of hydrogen-bond acceptors (Lipinski definition) is 5. The summed E-state index contributed by atoms with van der Waals surface area (Å²) in [6.45, 7) is 2.03. The Morgan fingerprint density at radius 3 is 2.83 bits per heavy atom. The van der Waals surface area contributed by atoms with Crippen LogP contribution in [-0.4, -0.2) is 17.0 Å². The molecular weight excluding hydrogens is 268 g/mol. The van der Waals surface area contributed by atoms with Crippen molar-refractivity contribution in [1.82, 2.24) is 9.97 Å². The van der Waals surface area contributed by atoms with Gasteiger partial charge < -0.3 is 4.90 Å². The first kappa shape index (κ1) is 12.8. The van der Waals surface area contributed by atoms with Crippen molar-refractivity contribution in [2.45, 2.75) is 13.0 Å². The van der Waals surface area contributed by atoms with Gasteiger partial charge in [0, 0.05) is 13.2 Å². The van der Waals surface area contributed by atoms with Crippen LogP contribution in [-0.2, 0) is 0 Å². The maximum atomic E-state index is 8.85. The van der Waals surface area contributed by atoms with Crippen molar-refractivity contribution in [3.63, 3.8) is 0 Å². The molecule has 0 unspecified atom stereocenters. The van der Waals surface area contributed by atoms with Crippen LogP contribution in [0.25, 0.3) is 0 Å². The molecule has 0 bridgehead atoms. The minimum atomic E-state index is 0.0694. The lowest BCUT2D eigenvalue weighted by molar-refractivity contribution is 0.711. The molecule has 18 heavy (non-hydrogen) atoms. The van der Waals surface area contributed by atoms with Crippen LogP contribution in [0.15, 0.2) is 24.4 Å². The van der Waals surface area contributed by atoms with Gasteiger partial charge in [-0.1, -0.05) is 29.0 Å². The predicted molar refractivity (Wildman–Crippen MR) is 72.9 cm³/mol. The van der Waals surface area contributed by atoms with E-state index in [1.165, 1.54) is 11.3 Å². The Bertz CT molecular complexity index is 576. The molecule has 0 radical (unpaired) electrons. The number of anilines is 1. The molecule has 0 aliphatic heterocycles. The molecule has 0 spiro atoms. The number of halogens is 1. The van der Waals surface area contributed by atoms with E-state index in [1.54, 1.807) is 6.20 Å². The maximum absolute atomic E-state index is 8.85. The maximum Gasteiger partial charge on any atom is 0.188 e. The molecule has 0 fully saturated rings. The van der Waals surface area contributed by atoms with Gasteiger partial charge in [0.05, 0.1) is 11.7 Å². The van der Waals surface area contributed by atoms with Crippen molar-refractivity contribution < 1.29 is 0 Å². The molecule has 92 valence electrons. The van der Waals surface area contributed by atoms with Crippen LogP contribution in [0, 0.1) is 11.3 Å². The second kappa shape index (κ2) is 5.34. The van der Waals surface area contributed by atoms with Gasteiger partial charge >= 0.3 is 0 Å². The molecule has 0 aromatic carbocycles. The molecule has 1 atom stereocenters. The van der Waals surface area contributed by atoms with Crippen LogP contribution < -0.4 is 4.90 Å². The average molecular weight is 279 g/mol. The minimum absolute atomic E-state index is 0.0694. The van der Waals surface area contributed by atoms with Crippen molar-refractivity contribution in [3.8, 4) is 6.07 Å². The summed E-state index contributed by atoms with van der Waals surface area (Å²) in [5, 5.41) is 9.57. The summed E-state index contributed by atoms with van der Waals surface area (Å²) in [5.41, 5.74) is 1.22. The second-order valence-corrected chi connectivity index (χ2v) is 5.35. The summed E-state index contributed by atoms with van der Waals surface area (Å²) < 4.78 is 0.424. The Balaban J connectivity index is 2.26. The van der Waals surface area contributed by atoms with E-state index in [4.69, 9.17) is 16.9 Å². The zero-order valence-corrected chi connectivity index (χ0v) is 11.5. The van der Waals surface area contributed by atoms with Crippen LogP contribution >= 0.6 is 22.9 Å². The second-order valence-electron chi connectivity index (χ2n) is 3.77. The molecule has 0 saturated heterocycles. The Morgan fingerprint density at radius 1 is 1.50 bits per heavy atom. The molecule has 6 heteroatoms. The van der Waals surface area contributed by atoms with Gasteiger partial charge in [0.2, 0.25) is 0 Å². The topological polar surface area (TPSA) is 52.8 Å². The number of nitrogens with zero attached hydrogens (tertiary/aromatic N) is 4. The summed E-state index contributed by atoms with van der Waals surface area (Å²) in [6.07, 6.45) is 1.76. The highest BCUT2D eigenvalue weighted by Gasteiger charge is 2.18. The van der Waals surface area contributed by atoms with Gasteiger partial charge in [-0.05, 0) is 19.1 Å². The van der Waals surface area contributed by atoms with E-state index >= 15 is 0 Å². The average Bonchev–Trinajstić information content (AvgIpc) is 2.79.